The molecule has 28 heavy (non-hydrogen) atoms. The number of nitrogens with one attached hydrogen (secondary N) is 1. The number of rotatable bonds is 7. The van der Waals surface area contributed by atoms with E-state index in [1.807, 2.05) is 28.8 Å². The molecule has 0 aromatic carbocycles. The van der Waals surface area contributed by atoms with Crippen LogP contribution in [0.2, 0.25) is 0 Å². The number of likely N-dealkylation sites (tertiary alicyclic amines) is 1. The first-order chi connectivity index (χ1) is 13.3. The monoisotopic (exact) mass is 384 g/mol. The fourth-order valence-corrected chi connectivity index (χ4v) is 4.75. The summed E-state index contributed by atoms with van der Waals surface area (Å²) in [7, 11) is 0. The number of carbonyl (C=O) groups is 1. The van der Waals surface area contributed by atoms with Crippen molar-refractivity contribution in [1.29, 1.82) is 0 Å². The van der Waals surface area contributed by atoms with E-state index in [2.05, 4.69) is 42.9 Å². The van der Waals surface area contributed by atoms with E-state index in [0.29, 0.717) is 23.4 Å². The predicted octanol–water partition coefficient (Wildman–Crippen LogP) is 2.38. The summed E-state index contributed by atoms with van der Waals surface area (Å²) in [5.41, 5.74) is 1.36. The van der Waals surface area contributed by atoms with Crippen molar-refractivity contribution in [2.45, 2.75) is 33.6 Å². The van der Waals surface area contributed by atoms with Gasteiger partial charge in [-0.2, -0.15) is 0 Å². The smallest absolute Gasteiger partial charge is 0.272 e. The largest absolute Gasteiger partial charge is 0.396 e. The van der Waals surface area contributed by atoms with E-state index < -0.39 is 0 Å². The number of amides is 1. The quantitative estimate of drug-likeness (QED) is 0.769. The molecule has 1 saturated carbocycles. The molecule has 0 spiro atoms. The first kappa shape index (κ1) is 19.4. The van der Waals surface area contributed by atoms with Gasteiger partial charge < -0.3 is 19.7 Å². The van der Waals surface area contributed by atoms with E-state index in [1.165, 1.54) is 0 Å². The van der Waals surface area contributed by atoms with Crippen LogP contribution in [0.5, 0.6) is 0 Å². The molecule has 0 bridgehead atoms. The van der Waals surface area contributed by atoms with Crippen LogP contribution in [0.4, 0.5) is 0 Å². The normalized spacial score (nSPS) is 24.7. The summed E-state index contributed by atoms with van der Waals surface area (Å²) in [5.74, 6) is 3.05. The second-order valence-electron chi connectivity index (χ2n) is 9.65. The van der Waals surface area contributed by atoms with Crippen LogP contribution in [0.3, 0.4) is 0 Å². The number of aliphatic hydroxyl groups is 1. The van der Waals surface area contributed by atoms with Crippen LogP contribution in [0.1, 0.15) is 49.9 Å². The minimum Gasteiger partial charge on any atom is -0.396 e. The zero-order valence-corrected chi connectivity index (χ0v) is 17.4. The second kappa shape index (κ2) is 7.16. The third-order valence-corrected chi connectivity index (χ3v) is 6.33. The molecule has 6 heteroatoms. The molecule has 2 aromatic rings. The van der Waals surface area contributed by atoms with Crippen LogP contribution >= 0.6 is 0 Å². The van der Waals surface area contributed by atoms with E-state index in [0.717, 1.165) is 37.5 Å². The van der Waals surface area contributed by atoms with E-state index in [9.17, 15) is 9.90 Å². The summed E-state index contributed by atoms with van der Waals surface area (Å²) < 4.78 is 2.02. The van der Waals surface area contributed by atoms with Gasteiger partial charge in [0.1, 0.15) is 5.82 Å². The van der Waals surface area contributed by atoms with Crippen molar-refractivity contribution in [3.05, 3.63) is 35.9 Å². The molecule has 1 saturated heterocycles. The number of nitrogens with zero attached hydrogens (tertiary/aromatic N) is 3. The Morgan fingerprint density at radius 3 is 2.68 bits per heavy atom. The van der Waals surface area contributed by atoms with Crippen LogP contribution < -0.4 is 5.32 Å². The highest BCUT2D eigenvalue weighted by molar-refractivity contribution is 5.99. The Bertz CT molecular complexity index is 861. The minimum atomic E-state index is -0.0705. The van der Waals surface area contributed by atoms with Crippen molar-refractivity contribution in [3.63, 3.8) is 0 Å². The number of piperidine rings is 1. The van der Waals surface area contributed by atoms with Gasteiger partial charge in [-0.05, 0) is 29.9 Å². The number of hydrogen-bond donors (Lipinski definition) is 2. The van der Waals surface area contributed by atoms with Gasteiger partial charge in [0.05, 0.1) is 5.52 Å². The Hall–Kier alpha value is -1.92. The summed E-state index contributed by atoms with van der Waals surface area (Å²) in [4.78, 5) is 19.9. The summed E-state index contributed by atoms with van der Waals surface area (Å²) >= 11 is 0. The van der Waals surface area contributed by atoms with Crippen LogP contribution in [-0.2, 0) is 0 Å². The number of hydrogen-bond acceptors (Lipinski definition) is 4. The Balaban J connectivity index is 1.34. The standard InChI is InChI=1S/C22H32N4O2/c1-14(2)20-24-19(18-7-5-6-8-26(18)20)21(28)23-9-15-16-10-25(11-17(15)16)12-22(3,4)13-27/h5-8,14-17,27H,9-13H2,1-4H3,(H,23,28)/t15?,16-,17+. The molecular weight excluding hydrogens is 352 g/mol. The van der Waals surface area contributed by atoms with Gasteiger partial charge in [0.25, 0.3) is 5.91 Å². The zero-order chi connectivity index (χ0) is 20.1. The van der Waals surface area contributed by atoms with Crippen LogP contribution in [0.15, 0.2) is 24.4 Å². The number of imidazole rings is 1. The highest BCUT2D eigenvalue weighted by Crippen LogP contribution is 2.51. The van der Waals surface area contributed by atoms with E-state index in [1.54, 1.807) is 0 Å². The van der Waals surface area contributed by atoms with Crippen molar-refractivity contribution >= 4 is 11.4 Å². The van der Waals surface area contributed by atoms with Gasteiger partial charge in [-0.3, -0.25) is 4.79 Å². The molecule has 1 unspecified atom stereocenters. The lowest BCUT2D eigenvalue weighted by atomic mass is 9.94. The fourth-order valence-electron chi connectivity index (χ4n) is 4.75. The third kappa shape index (κ3) is 3.55. The van der Waals surface area contributed by atoms with Crippen molar-refractivity contribution in [3.8, 4) is 0 Å². The van der Waals surface area contributed by atoms with Crippen molar-refractivity contribution in [1.82, 2.24) is 19.6 Å². The van der Waals surface area contributed by atoms with Gasteiger partial charge in [-0.15, -0.1) is 0 Å². The topological polar surface area (TPSA) is 69.9 Å². The molecule has 2 N–H and O–H groups in total. The second-order valence-corrected chi connectivity index (χ2v) is 9.65. The molecule has 152 valence electrons. The van der Waals surface area contributed by atoms with Gasteiger partial charge in [0.15, 0.2) is 5.69 Å². The molecular formula is C22H32N4O2. The van der Waals surface area contributed by atoms with Gasteiger partial charge in [0.2, 0.25) is 0 Å². The number of fused-ring (bicyclic) bond motifs is 2. The SMILES string of the molecule is CC(C)c1nc(C(=O)NCC2[C@H]3CN(CC(C)(C)CO)C[C@@H]23)c2ccccn12. The summed E-state index contributed by atoms with van der Waals surface area (Å²) in [6, 6.07) is 5.88. The Kier molecular flexibility index (Phi) is 4.96. The lowest BCUT2D eigenvalue weighted by Crippen LogP contribution is -2.37. The molecule has 3 atom stereocenters. The van der Waals surface area contributed by atoms with Crippen LogP contribution in [0, 0.1) is 23.2 Å². The summed E-state index contributed by atoms with van der Waals surface area (Å²) in [6.45, 7) is 12.5. The average molecular weight is 385 g/mol. The van der Waals surface area contributed by atoms with Gasteiger partial charge in [-0.25, -0.2) is 4.98 Å². The molecule has 2 aliphatic rings. The van der Waals surface area contributed by atoms with Crippen LogP contribution in [-0.4, -0.2) is 58.1 Å². The molecule has 0 radical (unpaired) electrons. The Morgan fingerprint density at radius 2 is 2.04 bits per heavy atom. The number of carbonyl (C=O) groups excluding carboxylic acids is 1. The lowest BCUT2D eigenvalue weighted by molar-refractivity contribution is 0.0939. The van der Waals surface area contributed by atoms with Crippen molar-refractivity contribution < 1.29 is 9.90 Å². The van der Waals surface area contributed by atoms with Crippen LogP contribution in [0.25, 0.3) is 5.52 Å². The molecule has 2 aromatic heterocycles. The maximum absolute atomic E-state index is 12.8. The Morgan fingerprint density at radius 1 is 1.32 bits per heavy atom. The maximum Gasteiger partial charge on any atom is 0.272 e. The predicted molar refractivity (Wildman–Crippen MR) is 109 cm³/mol. The number of aromatic nitrogens is 2. The van der Waals surface area contributed by atoms with Crippen molar-refractivity contribution in [2.75, 3.05) is 32.8 Å². The molecule has 4 rings (SSSR count). The van der Waals surface area contributed by atoms with Gasteiger partial charge in [-0.1, -0.05) is 33.8 Å². The lowest BCUT2D eigenvalue weighted by Gasteiger charge is -2.29. The van der Waals surface area contributed by atoms with E-state index >= 15 is 0 Å². The fraction of sp³-hybridized carbons (Fsp3) is 0.636. The highest BCUT2D eigenvalue weighted by Gasteiger charge is 2.55. The van der Waals surface area contributed by atoms with E-state index in [-0.39, 0.29) is 23.8 Å². The molecule has 1 amide bonds. The molecule has 3 heterocycles. The summed E-state index contributed by atoms with van der Waals surface area (Å²) in [5, 5.41) is 12.6. The van der Waals surface area contributed by atoms with E-state index in [4.69, 9.17) is 0 Å². The Labute approximate surface area is 166 Å². The molecule has 6 nitrogen and oxygen atoms in total. The van der Waals surface area contributed by atoms with Gasteiger partial charge >= 0.3 is 0 Å². The number of aliphatic hydroxyl groups excluding tert-OH is 1. The van der Waals surface area contributed by atoms with Crippen molar-refractivity contribution in [2.24, 2.45) is 23.2 Å². The first-order valence-electron chi connectivity index (χ1n) is 10.4. The highest BCUT2D eigenvalue weighted by atomic mass is 16.3. The third-order valence-electron chi connectivity index (χ3n) is 6.33. The molecule has 1 aliphatic heterocycles. The maximum atomic E-state index is 12.8. The average Bonchev–Trinajstić information content (AvgIpc) is 2.99. The first-order valence-corrected chi connectivity index (χ1v) is 10.4. The summed E-state index contributed by atoms with van der Waals surface area (Å²) in [6.07, 6.45) is 1.97. The number of pyridine rings is 1. The molecule has 2 fully saturated rings. The minimum absolute atomic E-state index is 0.0449. The zero-order valence-electron chi connectivity index (χ0n) is 17.4. The van der Waals surface area contributed by atoms with Gasteiger partial charge in [0, 0.05) is 50.3 Å². The molecule has 1 aliphatic carbocycles.